The Balaban J connectivity index is 1.80. The second-order valence-electron chi connectivity index (χ2n) is 4.64. The third-order valence-electron chi connectivity index (χ3n) is 3.23. The molecule has 0 atom stereocenters. The number of carbonyl (C=O) groups is 1. The molecule has 0 aliphatic rings. The minimum Gasteiger partial charge on any atom is -0.478 e. The molecular formula is C16H12FNO2S. The van der Waals surface area contributed by atoms with E-state index in [1.807, 2.05) is 29.6 Å². The first-order valence-electron chi connectivity index (χ1n) is 6.36. The minimum absolute atomic E-state index is 0.0847. The topological polar surface area (TPSA) is 49.3 Å². The minimum atomic E-state index is -1.06. The SMILES string of the molecule is O=C(O)c1ccc(F)c(CNc2ccc3sccc3c2)c1. The lowest BCUT2D eigenvalue weighted by Crippen LogP contribution is -2.04. The maximum absolute atomic E-state index is 13.7. The van der Waals surface area contributed by atoms with Crippen LogP contribution in [0.25, 0.3) is 10.1 Å². The van der Waals surface area contributed by atoms with E-state index in [0.717, 1.165) is 11.1 Å². The third-order valence-corrected chi connectivity index (χ3v) is 4.13. The highest BCUT2D eigenvalue weighted by molar-refractivity contribution is 7.17. The number of aromatic carboxylic acids is 1. The van der Waals surface area contributed by atoms with Crippen molar-refractivity contribution in [1.82, 2.24) is 0 Å². The number of hydrogen-bond acceptors (Lipinski definition) is 3. The van der Waals surface area contributed by atoms with Crippen molar-refractivity contribution < 1.29 is 14.3 Å². The van der Waals surface area contributed by atoms with E-state index >= 15 is 0 Å². The molecule has 0 fully saturated rings. The Bertz CT molecular complexity index is 813. The predicted octanol–water partition coefficient (Wildman–Crippen LogP) is 4.35. The van der Waals surface area contributed by atoms with Crippen LogP contribution in [0, 0.1) is 5.82 Å². The molecule has 2 N–H and O–H groups in total. The van der Waals surface area contributed by atoms with Gasteiger partial charge in [-0.1, -0.05) is 0 Å². The fourth-order valence-corrected chi connectivity index (χ4v) is 2.89. The highest BCUT2D eigenvalue weighted by atomic mass is 32.1. The lowest BCUT2D eigenvalue weighted by atomic mass is 10.1. The van der Waals surface area contributed by atoms with Crippen LogP contribution in [0.15, 0.2) is 47.8 Å². The Morgan fingerprint density at radius 1 is 1.19 bits per heavy atom. The summed E-state index contributed by atoms with van der Waals surface area (Å²) in [6.07, 6.45) is 0. The number of benzene rings is 2. The number of anilines is 1. The zero-order valence-corrected chi connectivity index (χ0v) is 11.8. The Kier molecular flexibility index (Phi) is 3.58. The number of rotatable bonds is 4. The maximum Gasteiger partial charge on any atom is 0.335 e. The summed E-state index contributed by atoms with van der Waals surface area (Å²) in [6.45, 7) is 0.239. The average Bonchev–Trinajstić information content (AvgIpc) is 2.93. The summed E-state index contributed by atoms with van der Waals surface area (Å²) in [5, 5.41) is 15.2. The number of fused-ring (bicyclic) bond motifs is 1. The first-order valence-corrected chi connectivity index (χ1v) is 7.24. The molecule has 3 rings (SSSR count). The Morgan fingerprint density at radius 3 is 2.86 bits per heavy atom. The standard InChI is InChI=1S/C16H12FNO2S/c17-14-3-1-11(16(19)20)7-12(14)9-18-13-2-4-15-10(8-13)5-6-21-15/h1-8,18H,9H2,(H,19,20). The summed E-state index contributed by atoms with van der Waals surface area (Å²) in [5.41, 5.74) is 1.29. The van der Waals surface area contributed by atoms with E-state index in [1.165, 1.54) is 22.9 Å². The fourth-order valence-electron chi connectivity index (χ4n) is 2.12. The molecule has 0 saturated carbocycles. The second-order valence-corrected chi connectivity index (χ2v) is 5.59. The zero-order chi connectivity index (χ0) is 14.8. The number of carboxylic acids is 1. The van der Waals surface area contributed by atoms with Crippen LogP contribution in [0.5, 0.6) is 0 Å². The molecule has 5 heteroatoms. The molecule has 106 valence electrons. The zero-order valence-electron chi connectivity index (χ0n) is 11.0. The maximum atomic E-state index is 13.7. The number of nitrogens with one attached hydrogen (secondary N) is 1. The highest BCUT2D eigenvalue weighted by Gasteiger charge is 2.08. The van der Waals surface area contributed by atoms with Gasteiger partial charge in [-0.3, -0.25) is 0 Å². The van der Waals surface area contributed by atoms with E-state index in [1.54, 1.807) is 11.3 Å². The van der Waals surface area contributed by atoms with E-state index in [9.17, 15) is 9.18 Å². The predicted molar refractivity (Wildman–Crippen MR) is 82.5 cm³/mol. The van der Waals surface area contributed by atoms with Gasteiger partial charge in [0, 0.05) is 22.5 Å². The number of halogens is 1. The van der Waals surface area contributed by atoms with Crippen LogP contribution >= 0.6 is 11.3 Å². The van der Waals surface area contributed by atoms with Crippen molar-refractivity contribution in [2.24, 2.45) is 0 Å². The molecule has 3 nitrogen and oxygen atoms in total. The summed E-state index contributed by atoms with van der Waals surface area (Å²) < 4.78 is 14.9. The van der Waals surface area contributed by atoms with E-state index < -0.39 is 11.8 Å². The molecule has 0 bridgehead atoms. The van der Waals surface area contributed by atoms with Crippen molar-refractivity contribution in [2.75, 3.05) is 5.32 Å². The molecule has 21 heavy (non-hydrogen) atoms. The lowest BCUT2D eigenvalue weighted by Gasteiger charge is -2.08. The van der Waals surface area contributed by atoms with E-state index in [-0.39, 0.29) is 12.1 Å². The van der Waals surface area contributed by atoms with Gasteiger partial charge in [-0.25, -0.2) is 9.18 Å². The molecule has 0 aliphatic heterocycles. The normalized spacial score (nSPS) is 10.7. The van der Waals surface area contributed by atoms with Crippen LogP contribution in [-0.2, 0) is 6.54 Å². The molecule has 0 radical (unpaired) electrons. The van der Waals surface area contributed by atoms with Crippen molar-refractivity contribution in [3.63, 3.8) is 0 Å². The van der Waals surface area contributed by atoms with Crippen LogP contribution in [-0.4, -0.2) is 11.1 Å². The fraction of sp³-hybridized carbons (Fsp3) is 0.0625. The summed E-state index contributed by atoms with van der Waals surface area (Å²) in [5.74, 6) is -1.47. The Hall–Kier alpha value is -2.40. The summed E-state index contributed by atoms with van der Waals surface area (Å²) in [4.78, 5) is 10.9. The van der Waals surface area contributed by atoms with Gasteiger partial charge in [0.15, 0.2) is 0 Å². The molecule has 1 aromatic heterocycles. The van der Waals surface area contributed by atoms with Gasteiger partial charge in [-0.05, 0) is 53.2 Å². The Labute approximate surface area is 124 Å². The monoisotopic (exact) mass is 301 g/mol. The van der Waals surface area contributed by atoms with Crippen LogP contribution in [0.2, 0.25) is 0 Å². The molecule has 0 spiro atoms. The van der Waals surface area contributed by atoms with Crippen LogP contribution in [0.4, 0.5) is 10.1 Å². The molecule has 0 aliphatic carbocycles. The van der Waals surface area contributed by atoms with Gasteiger partial charge in [-0.2, -0.15) is 0 Å². The first kappa shape index (κ1) is 13.6. The summed E-state index contributed by atoms with van der Waals surface area (Å²) in [7, 11) is 0. The lowest BCUT2D eigenvalue weighted by molar-refractivity contribution is 0.0696. The molecule has 0 unspecified atom stereocenters. The smallest absolute Gasteiger partial charge is 0.335 e. The van der Waals surface area contributed by atoms with Crippen molar-refractivity contribution in [3.05, 3.63) is 64.8 Å². The van der Waals surface area contributed by atoms with E-state index in [4.69, 9.17) is 5.11 Å². The van der Waals surface area contributed by atoms with Crippen molar-refractivity contribution in [1.29, 1.82) is 0 Å². The van der Waals surface area contributed by atoms with E-state index in [0.29, 0.717) is 5.56 Å². The van der Waals surface area contributed by atoms with Gasteiger partial charge in [-0.15, -0.1) is 11.3 Å². The van der Waals surface area contributed by atoms with Crippen LogP contribution in [0.1, 0.15) is 15.9 Å². The molecular weight excluding hydrogens is 289 g/mol. The van der Waals surface area contributed by atoms with Gasteiger partial charge in [0.25, 0.3) is 0 Å². The number of thiophene rings is 1. The number of hydrogen-bond donors (Lipinski definition) is 2. The first-order chi connectivity index (χ1) is 10.1. The van der Waals surface area contributed by atoms with E-state index in [2.05, 4.69) is 5.32 Å². The van der Waals surface area contributed by atoms with Gasteiger partial charge >= 0.3 is 5.97 Å². The molecule has 0 amide bonds. The van der Waals surface area contributed by atoms with Gasteiger partial charge < -0.3 is 10.4 Å². The molecule has 2 aromatic carbocycles. The Morgan fingerprint density at radius 2 is 2.05 bits per heavy atom. The molecule has 3 aromatic rings. The van der Waals surface area contributed by atoms with Crippen molar-refractivity contribution in [3.8, 4) is 0 Å². The van der Waals surface area contributed by atoms with Crippen LogP contribution < -0.4 is 5.32 Å². The van der Waals surface area contributed by atoms with Gasteiger partial charge in [0.1, 0.15) is 5.82 Å². The third kappa shape index (κ3) is 2.87. The van der Waals surface area contributed by atoms with Crippen molar-refractivity contribution in [2.45, 2.75) is 6.54 Å². The highest BCUT2D eigenvalue weighted by Crippen LogP contribution is 2.24. The number of carboxylic acid groups (broad SMARTS) is 1. The molecule has 0 saturated heterocycles. The van der Waals surface area contributed by atoms with Crippen LogP contribution in [0.3, 0.4) is 0 Å². The summed E-state index contributed by atoms with van der Waals surface area (Å²) in [6, 6.07) is 11.8. The average molecular weight is 301 g/mol. The quantitative estimate of drug-likeness (QED) is 0.753. The molecule has 1 heterocycles. The van der Waals surface area contributed by atoms with Crippen molar-refractivity contribution >= 4 is 33.1 Å². The van der Waals surface area contributed by atoms with Gasteiger partial charge in [0.2, 0.25) is 0 Å². The second kappa shape index (κ2) is 5.54. The van der Waals surface area contributed by atoms with Gasteiger partial charge in [0.05, 0.1) is 5.56 Å². The largest absolute Gasteiger partial charge is 0.478 e. The summed E-state index contributed by atoms with van der Waals surface area (Å²) >= 11 is 1.67.